The Morgan fingerprint density at radius 1 is 1.12 bits per heavy atom. The van der Waals surface area contributed by atoms with Crippen LogP contribution in [0.4, 0.5) is 0 Å². The quantitative estimate of drug-likeness (QED) is 0.644. The molecule has 0 heterocycles. The van der Waals surface area contributed by atoms with Crippen molar-refractivity contribution in [3.63, 3.8) is 0 Å². The first-order chi connectivity index (χ1) is 7.75. The smallest absolute Gasteiger partial charge is 0.167 e. The Kier molecular flexibility index (Phi) is 1.55. The summed E-state index contributed by atoms with van der Waals surface area (Å²) in [5, 5.41) is 0. The van der Waals surface area contributed by atoms with Crippen molar-refractivity contribution in [1.82, 2.24) is 0 Å². The maximum atomic E-state index is 12.4. The van der Waals surface area contributed by atoms with Crippen LogP contribution < -0.4 is 0 Å². The highest BCUT2D eigenvalue weighted by atomic mass is 16.1. The number of carbonyl (C=O) groups excluding carboxylic acids is 1. The van der Waals surface area contributed by atoms with E-state index in [4.69, 9.17) is 0 Å². The number of aryl methyl sites for hydroxylation is 1. The van der Waals surface area contributed by atoms with E-state index in [-0.39, 0.29) is 0 Å². The molecule has 0 radical (unpaired) electrons. The van der Waals surface area contributed by atoms with E-state index in [1.54, 1.807) is 0 Å². The summed E-state index contributed by atoms with van der Waals surface area (Å²) in [6, 6.07) is 6.41. The van der Waals surface area contributed by atoms with E-state index >= 15 is 0 Å². The van der Waals surface area contributed by atoms with E-state index in [0.29, 0.717) is 23.5 Å². The molecular formula is C15H16O. The predicted molar refractivity (Wildman–Crippen MR) is 62.6 cm³/mol. The Bertz CT molecular complexity index is 488. The first kappa shape index (κ1) is 8.98. The standard InChI is InChI=1S/C15H16O/c1-8-2-5-11-12(6-8)13-9-3-4-10(7-9)14(13)15(11)16/h2,5-6,9-10,13-14H,3-4,7H2,1H3/t9-,10+,13-,14-/m0/s1. The molecule has 2 fully saturated rings. The average Bonchev–Trinajstić information content (AvgIpc) is 2.92. The Morgan fingerprint density at radius 3 is 2.69 bits per heavy atom. The monoisotopic (exact) mass is 212 g/mol. The van der Waals surface area contributed by atoms with Gasteiger partial charge in [-0.05, 0) is 49.5 Å². The van der Waals surface area contributed by atoms with E-state index in [1.807, 2.05) is 0 Å². The van der Waals surface area contributed by atoms with Gasteiger partial charge in [0.05, 0.1) is 0 Å². The molecule has 0 aromatic heterocycles. The lowest BCUT2D eigenvalue weighted by atomic mass is 9.79. The minimum atomic E-state index is 0.357. The van der Waals surface area contributed by atoms with Crippen molar-refractivity contribution >= 4 is 5.78 Å². The third-order valence-electron chi connectivity index (χ3n) is 5.05. The van der Waals surface area contributed by atoms with Crippen molar-refractivity contribution in [2.75, 3.05) is 0 Å². The van der Waals surface area contributed by atoms with Crippen LogP contribution in [0.1, 0.15) is 46.7 Å². The molecule has 3 aliphatic rings. The molecule has 1 aromatic rings. The molecule has 0 aliphatic heterocycles. The zero-order valence-electron chi connectivity index (χ0n) is 9.57. The number of carbonyl (C=O) groups is 1. The van der Waals surface area contributed by atoms with E-state index in [2.05, 4.69) is 25.1 Å². The SMILES string of the molecule is Cc1ccc2c(c1)[C@@H]1[C@H]3CC[C@H](C3)[C@@H]1C2=O. The van der Waals surface area contributed by atoms with Crippen LogP contribution in [-0.2, 0) is 0 Å². The molecule has 82 valence electrons. The van der Waals surface area contributed by atoms with Crippen molar-refractivity contribution in [1.29, 1.82) is 0 Å². The van der Waals surface area contributed by atoms with Crippen molar-refractivity contribution in [2.45, 2.75) is 32.1 Å². The molecule has 1 aromatic carbocycles. The van der Waals surface area contributed by atoms with Crippen LogP contribution in [0.25, 0.3) is 0 Å². The van der Waals surface area contributed by atoms with Crippen LogP contribution in [0.5, 0.6) is 0 Å². The molecular weight excluding hydrogens is 196 g/mol. The van der Waals surface area contributed by atoms with Gasteiger partial charge in [0.25, 0.3) is 0 Å². The maximum absolute atomic E-state index is 12.4. The number of hydrogen-bond donors (Lipinski definition) is 0. The van der Waals surface area contributed by atoms with Gasteiger partial charge >= 0.3 is 0 Å². The highest BCUT2D eigenvalue weighted by Gasteiger charge is 2.55. The fraction of sp³-hybridized carbons (Fsp3) is 0.533. The third kappa shape index (κ3) is 0.904. The molecule has 4 atom stereocenters. The Morgan fingerprint density at radius 2 is 1.88 bits per heavy atom. The minimum absolute atomic E-state index is 0.357. The minimum Gasteiger partial charge on any atom is -0.294 e. The van der Waals surface area contributed by atoms with Gasteiger partial charge in [0.2, 0.25) is 0 Å². The topological polar surface area (TPSA) is 17.1 Å². The summed E-state index contributed by atoms with van der Waals surface area (Å²) in [5.74, 6) is 2.90. The van der Waals surface area contributed by atoms with Crippen LogP contribution in [0, 0.1) is 24.7 Å². The van der Waals surface area contributed by atoms with Gasteiger partial charge in [0, 0.05) is 11.5 Å². The first-order valence-electron chi connectivity index (χ1n) is 6.40. The molecule has 16 heavy (non-hydrogen) atoms. The molecule has 0 amide bonds. The molecule has 1 heteroatoms. The molecule has 3 aliphatic carbocycles. The van der Waals surface area contributed by atoms with Gasteiger partial charge in [-0.1, -0.05) is 23.8 Å². The van der Waals surface area contributed by atoms with Crippen LogP contribution in [0.3, 0.4) is 0 Å². The second-order valence-corrected chi connectivity index (χ2v) is 5.84. The fourth-order valence-electron chi connectivity index (χ4n) is 4.48. The zero-order valence-corrected chi connectivity index (χ0v) is 9.57. The van der Waals surface area contributed by atoms with Crippen molar-refractivity contribution in [2.24, 2.45) is 17.8 Å². The fourth-order valence-corrected chi connectivity index (χ4v) is 4.48. The van der Waals surface area contributed by atoms with Gasteiger partial charge in [0.1, 0.15) is 0 Å². The van der Waals surface area contributed by atoms with Gasteiger partial charge in [-0.2, -0.15) is 0 Å². The third-order valence-corrected chi connectivity index (χ3v) is 5.05. The van der Waals surface area contributed by atoms with E-state index < -0.39 is 0 Å². The molecule has 0 N–H and O–H groups in total. The zero-order chi connectivity index (χ0) is 10.9. The van der Waals surface area contributed by atoms with Crippen molar-refractivity contribution in [3.8, 4) is 0 Å². The first-order valence-corrected chi connectivity index (χ1v) is 6.40. The van der Waals surface area contributed by atoms with Crippen LogP contribution >= 0.6 is 0 Å². The molecule has 2 saturated carbocycles. The van der Waals surface area contributed by atoms with Gasteiger partial charge in [-0.3, -0.25) is 4.79 Å². The lowest BCUT2D eigenvalue weighted by Gasteiger charge is -2.23. The maximum Gasteiger partial charge on any atom is 0.167 e. The van der Waals surface area contributed by atoms with Crippen LogP contribution in [0.15, 0.2) is 18.2 Å². The second-order valence-electron chi connectivity index (χ2n) is 5.84. The number of ketones is 1. The van der Waals surface area contributed by atoms with E-state index in [0.717, 1.165) is 11.5 Å². The average molecular weight is 212 g/mol. The summed E-state index contributed by atoms with van der Waals surface area (Å²) >= 11 is 0. The van der Waals surface area contributed by atoms with Gasteiger partial charge in [0.15, 0.2) is 5.78 Å². The summed E-state index contributed by atoms with van der Waals surface area (Å²) in [6.07, 6.45) is 3.96. The number of rotatable bonds is 0. The van der Waals surface area contributed by atoms with Gasteiger partial charge < -0.3 is 0 Å². The van der Waals surface area contributed by atoms with Crippen molar-refractivity contribution in [3.05, 3.63) is 34.9 Å². The number of fused-ring (bicyclic) bond motifs is 7. The lowest BCUT2D eigenvalue weighted by molar-refractivity contribution is 0.0883. The summed E-state index contributed by atoms with van der Waals surface area (Å²) in [7, 11) is 0. The molecule has 4 rings (SSSR count). The molecule has 0 spiro atoms. The van der Waals surface area contributed by atoms with Gasteiger partial charge in [-0.15, -0.1) is 0 Å². The molecule has 1 nitrogen and oxygen atoms in total. The number of benzene rings is 1. The predicted octanol–water partition coefficient (Wildman–Crippen LogP) is 3.32. The molecule has 2 bridgehead atoms. The Balaban J connectivity index is 1.92. The van der Waals surface area contributed by atoms with E-state index in [1.165, 1.54) is 30.4 Å². The summed E-state index contributed by atoms with van der Waals surface area (Å²) in [4.78, 5) is 12.4. The normalized spacial score (nSPS) is 38.9. The molecule has 0 saturated heterocycles. The number of hydrogen-bond acceptors (Lipinski definition) is 1. The van der Waals surface area contributed by atoms with Crippen LogP contribution in [0.2, 0.25) is 0 Å². The molecule has 0 unspecified atom stereocenters. The Hall–Kier alpha value is -1.11. The summed E-state index contributed by atoms with van der Waals surface area (Å²) < 4.78 is 0. The van der Waals surface area contributed by atoms with Gasteiger partial charge in [-0.25, -0.2) is 0 Å². The Labute approximate surface area is 95.9 Å². The van der Waals surface area contributed by atoms with Crippen molar-refractivity contribution < 1.29 is 4.79 Å². The summed E-state index contributed by atoms with van der Waals surface area (Å²) in [6.45, 7) is 2.13. The van der Waals surface area contributed by atoms with Crippen LogP contribution in [-0.4, -0.2) is 5.78 Å². The second kappa shape index (κ2) is 2.77. The number of Topliss-reactive ketones (excluding diaryl/α,β-unsaturated/α-hetero) is 1. The highest BCUT2D eigenvalue weighted by Crippen LogP contribution is 2.61. The summed E-state index contributed by atoms with van der Waals surface area (Å²) in [5.41, 5.74) is 3.72. The highest BCUT2D eigenvalue weighted by molar-refractivity contribution is 6.04. The lowest BCUT2D eigenvalue weighted by Crippen LogP contribution is -2.20. The van der Waals surface area contributed by atoms with E-state index in [9.17, 15) is 4.79 Å². The largest absolute Gasteiger partial charge is 0.294 e.